The molecule has 0 N–H and O–H groups in total. The number of fused-ring (bicyclic) bond motifs is 6. The molecule has 1 aliphatic rings. The predicted octanol–water partition coefficient (Wildman–Crippen LogP) is 18.9. The third-order valence-corrected chi connectivity index (χ3v) is 14.7. The molecule has 0 amide bonds. The average Bonchev–Trinajstić information content (AvgIpc) is 3.82. The van der Waals surface area contributed by atoms with Gasteiger partial charge in [0.2, 0.25) is 5.69 Å². The molecule has 14 rings (SSSR count). The lowest BCUT2D eigenvalue weighted by atomic mass is 9.90. The van der Waals surface area contributed by atoms with Crippen LogP contribution in [0.25, 0.3) is 149 Å². The predicted molar refractivity (Wildman–Crippen MR) is 307 cm³/mol. The molecule has 1 aromatic heterocycles. The summed E-state index contributed by atoms with van der Waals surface area (Å²) in [6.07, 6.45) is 0. The molecule has 12 aromatic carbocycles. The van der Waals surface area contributed by atoms with Crippen LogP contribution in [0.2, 0.25) is 0 Å². The highest BCUT2D eigenvalue weighted by Gasteiger charge is 2.23. The van der Waals surface area contributed by atoms with Gasteiger partial charge in [-0.3, -0.25) is 0 Å². The van der Waals surface area contributed by atoms with Crippen molar-refractivity contribution < 1.29 is 0 Å². The number of benzene rings is 12. The minimum atomic E-state index is 0.588. The lowest BCUT2D eigenvalue weighted by molar-refractivity contribution is 1.07. The van der Waals surface area contributed by atoms with Gasteiger partial charge in [0.05, 0.1) is 6.57 Å². The largest absolute Gasteiger partial charge is 0.237 e. The van der Waals surface area contributed by atoms with Crippen LogP contribution in [0.1, 0.15) is 0 Å². The summed E-state index contributed by atoms with van der Waals surface area (Å²) in [4.78, 5) is 19.6. The molecule has 0 radical (unpaired) electrons. The highest BCUT2D eigenvalue weighted by molar-refractivity contribution is 6.19. The Morgan fingerprint density at radius 3 is 1.35 bits per heavy atom. The van der Waals surface area contributed by atoms with Crippen LogP contribution in [-0.2, 0) is 0 Å². The van der Waals surface area contributed by atoms with Gasteiger partial charge >= 0.3 is 0 Å². The standard InChI is InChI=1S/C70H42N4/c1-71-67-56(30-14-31-57(67)50-22-13-23-51(42-50)65-43-52-18-5-6-25-54(52)58-26-7-10-29-61(58)65)49-21-11-19-47(40-49)48-20-12-24-53(41-48)70-73-68(45-16-3-2-4-17-45)72-69(74-70)46-36-34-44(35-37-46)55-38-39-64-60-28-9-8-27-59(60)63-33-15-32-62(55)66(63)64/h2-43H. The minimum absolute atomic E-state index is 0.588. The summed E-state index contributed by atoms with van der Waals surface area (Å²) in [6.45, 7) is 8.56. The third kappa shape index (κ3) is 7.26. The number of hydrogen-bond donors (Lipinski definition) is 0. The van der Waals surface area contributed by atoms with E-state index in [4.69, 9.17) is 21.5 Å². The fourth-order valence-corrected chi connectivity index (χ4v) is 11.2. The first-order valence-corrected chi connectivity index (χ1v) is 24.9. The van der Waals surface area contributed by atoms with Crippen LogP contribution in [0.5, 0.6) is 0 Å². The molecule has 13 aromatic rings. The molecule has 1 aliphatic carbocycles. The summed E-state index contributed by atoms with van der Waals surface area (Å²) >= 11 is 0. The summed E-state index contributed by atoms with van der Waals surface area (Å²) in [5, 5.41) is 7.44. The summed E-state index contributed by atoms with van der Waals surface area (Å²) in [6, 6.07) is 89.7. The van der Waals surface area contributed by atoms with Gasteiger partial charge in [0, 0.05) is 16.7 Å². The van der Waals surface area contributed by atoms with Crippen molar-refractivity contribution in [2.75, 3.05) is 0 Å². The Hall–Kier alpha value is -10.1. The van der Waals surface area contributed by atoms with E-state index in [2.05, 4.69) is 229 Å². The Labute approximate surface area is 429 Å². The first-order chi connectivity index (χ1) is 36.6. The second-order valence-corrected chi connectivity index (χ2v) is 18.9. The number of rotatable bonds is 8. The van der Waals surface area contributed by atoms with Crippen LogP contribution in [0.4, 0.5) is 5.69 Å². The van der Waals surface area contributed by atoms with Gasteiger partial charge in [0.1, 0.15) is 0 Å². The molecule has 0 saturated carbocycles. The molecule has 0 saturated heterocycles. The molecule has 0 unspecified atom stereocenters. The Kier molecular flexibility index (Phi) is 10.2. The van der Waals surface area contributed by atoms with E-state index in [0.29, 0.717) is 23.2 Å². The molecule has 0 bridgehead atoms. The van der Waals surface area contributed by atoms with Gasteiger partial charge in [0.15, 0.2) is 17.5 Å². The third-order valence-electron chi connectivity index (χ3n) is 14.7. The van der Waals surface area contributed by atoms with Crippen molar-refractivity contribution in [2.24, 2.45) is 0 Å². The summed E-state index contributed by atoms with van der Waals surface area (Å²) in [7, 11) is 0. The van der Waals surface area contributed by atoms with Crippen LogP contribution < -0.4 is 0 Å². The Bertz CT molecular complexity index is 4400. The highest BCUT2D eigenvalue weighted by atomic mass is 15.0. The SMILES string of the molecule is [C-]#[N+]c1c(-c2cccc(-c3cccc(-c4nc(-c5ccccc5)nc(-c5ccc(-c6ccc7c8c(cccc68)-c6ccccc6-7)cc5)n4)c3)c2)cccc1-c1cccc(-c2cc3ccccc3c3ccccc23)c1. The Morgan fingerprint density at radius 2 is 0.662 bits per heavy atom. The highest BCUT2D eigenvalue weighted by Crippen LogP contribution is 2.49. The minimum Gasteiger partial charge on any atom is -0.237 e. The first kappa shape index (κ1) is 42.8. The first-order valence-electron chi connectivity index (χ1n) is 24.9. The van der Waals surface area contributed by atoms with Crippen molar-refractivity contribution in [1.82, 2.24) is 15.0 Å². The number of nitrogens with zero attached hydrogens (tertiary/aromatic N) is 4. The zero-order chi connectivity index (χ0) is 49.1. The van der Waals surface area contributed by atoms with Crippen molar-refractivity contribution in [3.8, 4) is 112 Å². The van der Waals surface area contributed by atoms with Gasteiger partial charge in [0.25, 0.3) is 0 Å². The van der Waals surface area contributed by atoms with Crippen LogP contribution in [0.3, 0.4) is 0 Å². The number of para-hydroxylation sites is 1. The summed E-state index contributed by atoms with van der Waals surface area (Å²) in [5.41, 5.74) is 18.9. The van der Waals surface area contributed by atoms with E-state index in [-0.39, 0.29) is 0 Å². The molecule has 4 heteroatoms. The molecule has 0 atom stereocenters. The van der Waals surface area contributed by atoms with E-state index < -0.39 is 0 Å². The van der Waals surface area contributed by atoms with Gasteiger partial charge in [-0.25, -0.2) is 19.8 Å². The van der Waals surface area contributed by atoms with Crippen molar-refractivity contribution in [2.45, 2.75) is 0 Å². The molecule has 0 fully saturated rings. The van der Waals surface area contributed by atoms with E-state index in [1.807, 2.05) is 30.3 Å². The van der Waals surface area contributed by atoms with Crippen molar-refractivity contribution in [1.29, 1.82) is 0 Å². The van der Waals surface area contributed by atoms with Gasteiger partial charge < -0.3 is 0 Å². The Morgan fingerprint density at radius 1 is 0.243 bits per heavy atom. The Balaban J connectivity index is 0.803. The lowest BCUT2D eigenvalue weighted by Gasteiger charge is -2.14. The van der Waals surface area contributed by atoms with Crippen LogP contribution in [0, 0.1) is 6.57 Å². The van der Waals surface area contributed by atoms with Crippen molar-refractivity contribution in [3.05, 3.63) is 266 Å². The smallest absolute Gasteiger partial charge is 0.202 e. The van der Waals surface area contributed by atoms with E-state index in [0.717, 1.165) is 61.2 Å². The van der Waals surface area contributed by atoms with E-state index >= 15 is 0 Å². The normalized spacial score (nSPS) is 11.5. The van der Waals surface area contributed by atoms with Gasteiger partial charge in [-0.1, -0.05) is 231 Å². The van der Waals surface area contributed by atoms with Crippen molar-refractivity contribution in [3.63, 3.8) is 0 Å². The molecule has 1 heterocycles. The van der Waals surface area contributed by atoms with Gasteiger partial charge in [-0.15, -0.1) is 0 Å². The monoisotopic (exact) mass is 938 g/mol. The number of hydrogen-bond acceptors (Lipinski definition) is 3. The van der Waals surface area contributed by atoms with Gasteiger partial charge in [-0.2, -0.15) is 0 Å². The topological polar surface area (TPSA) is 43.0 Å². The van der Waals surface area contributed by atoms with E-state index in [9.17, 15) is 0 Å². The second-order valence-electron chi connectivity index (χ2n) is 18.9. The average molecular weight is 939 g/mol. The molecule has 0 aliphatic heterocycles. The maximum absolute atomic E-state index is 8.56. The second kappa shape index (κ2) is 17.6. The quantitative estimate of drug-likeness (QED) is 0.113. The molecule has 4 nitrogen and oxygen atoms in total. The summed E-state index contributed by atoms with van der Waals surface area (Å²) < 4.78 is 0. The van der Waals surface area contributed by atoms with E-state index in [1.54, 1.807) is 0 Å². The maximum atomic E-state index is 8.56. The number of aromatic nitrogens is 3. The van der Waals surface area contributed by atoms with E-state index in [1.165, 1.54) is 65.7 Å². The fourth-order valence-electron chi connectivity index (χ4n) is 11.2. The van der Waals surface area contributed by atoms with Crippen LogP contribution >= 0.6 is 0 Å². The van der Waals surface area contributed by atoms with Crippen LogP contribution in [0.15, 0.2) is 255 Å². The maximum Gasteiger partial charge on any atom is 0.202 e. The zero-order valence-corrected chi connectivity index (χ0v) is 40.0. The fraction of sp³-hybridized carbons (Fsp3) is 0. The molecule has 74 heavy (non-hydrogen) atoms. The molecule has 0 spiro atoms. The molecular formula is C70H42N4. The van der Waals surface area contributed by atoms with Crippen LogP contribution in [-0.4, -0.2) is 15.0 Å². The molecule has 342 valence electrons. The zero-order valence-electron chi connectivity index (χ0n) is 40.0. The lowest BCUT2D eigenvalue weighted by Crippen LogP contribution is -2.00. The molecular weight excluding hydrogens is 897 g/mol. The summed E-state index contributed by atoms with van der Waals surface area (Å²) in [5.74, 6) is 1.80. The van der Waals surface area contributed by atoms with Gasteiger partial charge in [-0.05, 0) is 134 Å². The van der Waals surface area contributed by atoms with Crippen molar-refractivity contribution >= 4 is 38.0 Å².